The summed E-state index contributed by atoms with van der Waals surface area (Å²) in [6, 6.07) is 4.21. The van der Waals surface area contributed by atoms with E-state index in [1.165, 1.54) is 5.56 Å². The average Bonchev–Trinajstić information content (AvgIpc) is 2.37. The van der Waals surface area contributed by atoms with Crippen molar-refractivity contribution in [3.8, 4) is 0 Å². The first kappa shape index (κ1) is 14.3. The molecule has 19 heavy (non-hydrogen) atoms. The molecule has 0 aromatic carbocycles. The Hall–Kier alpha value is -1.13. The summed E-state index contributed by atoms with van der Waals surface area (Å²) in [5, 5.41) is 3.55. The lowest BCUT2D eigenvalue weighted by Crippen LogP contribution is -2.45. The third-order valence-corrected chi connectivity index (χ3v) is 3.48. The third-order valence-electron chi connectivity index (χ3n) is 3.48. The molecule has 0 unspecified atom stereocenters. The van der Waals surface area contributed by atoms with Crippen molar-refractivity contribution >= 4 is 5.82 Å². The van der Waals surface area contributed by atoms with Crippen LogP contribution < -0.4 is 10.2 Å². The van der Waals surface area contributed by atoms with Gasteiger partial charge in [-0.1, -0.05) is 6.07 Å². The number of nitrogens with one attached hydrogen (secondary N) is 1. The zero-order chi connectivity index (χ0) is 13.9. The maximum Gasteiger partial charge on any atom is 0.133 e. The second-order valence-electron chi connectivity index (χ2n) is 6.38. The molecule has 0 atom stereocenters. The maximum absolute atomic E-state index is 4.60. The van der Waals surface area contributed by atoms with Gasteiger partial charge in [-0.05, 0) is 33.9 Å². The summed E-state index contributed by atoms with van der Waals surface area (Å²) < 4.78 is 0. The molecule has 1 aliphatic rings. The number of hydrogen-bond donors (Lipinski definition) is 1. The fourth-order valence-corrected chi connectivity index (χ4v) is 2.23. The number of pyridine rings is 1. The molecule has 1 fully saturated rings. The Bertz CT molecular complexity index is 403. The zero-order valence-corrected chi connectivity index (χ0v) is 12.6. The largest absolute Gasteiger partial charge is 0.354 e. The first-order valence-corrected chi connectivity index (χ1v) is 7.08. The number of nitrogens with zero attached hydrogens (tertiary/aromatic N) is 3. The van der Waals surface area contributed by atoms with E-state index in [0.29, 0.717) is 0 Å². The van der Waals surface area contributed by atoms with Crippen LogP contribution >= 0.6 is 0 Å². The molecule has 0 spiro atoms. The van der Waals surface area contributed by atoms with Crippen molar-refractivity contribution in [2.45, 2.75) is 32.9 Å². The summed E-state index contributed by atoms with van der Waals surface area (Å²) in [6.07, 6.45) is 1.90. The Kier molecular flexibility index (Phi) is 4.42. The number of anilines is 1. The van der Waals surface area contributed by atoms with Gasteiger partial charge in [0.15, 0.2) is 0 Å². The van der Waals surface area contributed by atoms with E-state index in [1.807, 2.05) is 12.3 Å². The van der Waals surface area contributed by atoms with E-state index in [9.17, 15) is 0 Å². The van der Waals surface area contributed by atoms with Gasteiger partial charge in [0.1, 0.15) is 5.82 Å². The molecular weight excluding hydrogens is 236 g/mol. The van der Waals surface area contributed by atoms with E-state index in [0.717, 1.165) is 38.5 Å². The SMILES string of the molecule is CN1CCN(c2ncccc2CNC(C)(C)C)CC1. The van der Waals surface area contributed by atoms with Gasteiger partial charge in [0.25, 0.3) is 0 Å². The highest BCUT2D eigenvalue weighted by atomic mass is 15.3. The molecule has 2 rings (SSSR count). The van der Waals surface area contributed by atoms with Crippen LogP contribution in [-0.4, -0.2) is 48.6 Å². The van der Waals surface area contributed by atoms with Crippen molar-refractivity contribution < 1.29 is 0 Å². The first-order chi connectivity index (χ1) is 8.96. The summed E-state index contributed by atoms with van der Waals surface area (Å²) in [5.74, 6) is 1.15. The molecule has 2 heterocycles. The lowest BCUT2D eigenvalue weighted by Gasteiger charge is -2.34. The van der Waals surface area contributed by atoms with Gasteiger partial charge in [-0.3, -0.25) is 0 Å². The Morgan fingerprint density at radius 1 is 1.21 bits per heavy atom. The van der Waals surface area contributed by atoms with Gasteiger partial charge < -0.3 is 15.1 Å². The van der Waals surface area contributed by atoms with E-state index >= 15 is 0 Å². The summed E-state index contributed by atoms with van der Waals surface area (Å²) in [6.45, 7) is 11.8. The Balaban J connectivity index is 2.08. The van der Waals surface area contributed by atoms with Gasteiger partial charge in [0, 0.05) is 50.0 Å². The van der Waals surface area contributed by atoms with Crippen LogP contribution in [0.2, 0.25) is 0 Å². The predicted molar refractivity (Wildman–Crippen MR) is 80.5 cm³/mol. The maximum atomic E-state index is 4.60. The predicted octanol–water partition coefficient (Wildman–Crippen LogP) is 1.72. The molecule has 0 radical (unpaired) electrons. The van der Waals surface area contributed by atoms with Crippen LogP contribution in [0.5, 0.6) is 0 Å². The van der Waals surface area contributed by atoms with Crippen molar-refractivity contribution in [1.29, 1.82) is 0 Å². The Labute approximate surface area is 116 Å². The van der Waals surface area contributed by atoms with E-state index in [2.05, 4.69) is 54.0 Å². The van der Waals surface area contributed by atoms with Crippen LogP contribution in [0.15, 0.2) is 18.3 Å². The van der Waals surface area contributed by atoms with Crippen molar-refractivity contribution in [3.63, 3.8) is 0 Å². The molecule has 1 saturated heterocycles. The lowest BCUT2D eigenvalue weighted by atomic mass is 10.1. The van der Waals surface area contributed by atoms with Crippen LogP contribution in [0, 0.1) is 0 Å². The highest BCUT2D eigenvalue weighted by Crippen LogP contribution is 2.19. The fourth-order valence-electron chi connectivity index (χ4n) is 2.23. The summed E-state index contributed by atoms with van der Waals surface area (Å²) in [5.41, 5.74) is 1.43. The van der Waals surface area contributed by atoms with Crippen molar-refractivity contribution in [2.24, 2.45) is 0 Å². The summed E-state index contributed by atoms with van der Waals surface area (Å²) >= 11 is 0. The van der Waals surface area contributed by atoms with Crippen molar-refractivity contribution in [1.82, 2.24) is 15.2 Å². The van der Waals surface area contributed by atoms with Gasteiger partial charge >= 0.3 is 0 Å². The Morgan fingerprint density at radius 3 is 2.53 bits per heavy atom. The average molecular weight is 262 g/mol. The molecule has 0 aliphatic carbocycles. The van der Waals surface area contributed by atoms with Gasteiger partial charge in [-0.15, -0.1) is 0 Å². The highest BCUT2D eigenvalue weighted by Gasteiger charge is 2.18. The van der Waals surface area contributed by atoms with Crippen molar-refractivity contribution in [3.05, 3.63) is 23.9 Å². The van der Waals surface area contributed by atoms with Gasteiger partial charge in [0.05, 0.1) is 0 Å². The normalized spacial score (nSPS) is 17.8. The molecule has 0 bridgehead atoms. The van der Waals surface area contributed by atoms with Gasteiger partial charge in [-0.25, -0.2) is 4.98 Å². The van der Waals surface area contributed by atoms with Crippen LogP contribution in [0.25, 0.3) is 0 Å². The number of rotatable bonds is 3. The van der Waals surface area contributed by atoms with E-state index in [-0.39, 0.29) is 5.54 Å². The Morgan fingerprint density at radius 2 is 1.89 bits per heavy atom. The van der Waals surface area contributed by atoms with Gasteiger partial charge in [0.2, 0.25) is 0 Å². The molecule has 4 nitrogen and oxygen atoms in total. The molecule has 106 valence electrons. The van der Waals surface area contributed by atoms with E-state index in [1.54, 1.807) is 0 Å². The minimum atomic E-state index is 0.134. The summed E-state index contributed by atoms with van der Waals surface area (Å²) in [4.78, 5) is 9.37. The number of piperazine rings is 1. The minimum Gasteiger partial charge on any atom is -0.354 e. The van der Waals surface area contributed by atoms with Crippen LogP contribution in [0.1, 0.15) is 26.3 Å². The standard InChI is InChI=1S/C15H26N4/c1-15(2,3)17-12-13-6-5-7-16-14(13)19-10-8-18(4)9-11-19/h5-7,17H,8-12H2,1-4H3. The van der Waals surface area contributed by atoms with Crippen LogP contribution in [0.4, 0.5) is 5.82 Å². The first-order valence-electron chi connectivity index (χ1n) is 7.08. The molecule has 1 aliphatic heterocycles. The van der Waals surface area contributed by atoms with Crippen LogP contribution in [0.3, 0.4) is 0 Å². The number of likely N-dealkylation sites (N-methyl/N-ethyl adjacent to an activating group) is 1. The van der Waals surface area contributed by atoms with E-state index in [4.69, 9.17) is 0 Å². The number of aromatic nitrogens is 1. The second kappa shape index (κ2) is 5.88. The molecule has 1 N–H and O–H groups in total. The smallest absolute Gasteiger partial charge is 0.133 e. The lowest BCUT2D eigenvalue weighted by molar-refractivity contribution is 0.311. The number of hydrogen-bond acceptors (Lipinski definition) is 4. The molecular formula is C15H26N4. The third kappa shape index (κ3) is 4.18. The quantitative estimate of drug-likeness (QED) is 0.899. The highest BCUT2D eigenvalue weighted by molar-refractivity contribution is 5.47. The van der Waals surface area contributed by atoms with Crippen molar-refractivity contribution in [2.75, 3.05) is 38.1 Å². The van der Waals surface area contributed by atoms with Crippen LogP contribution in [-0.2, 0) is 6.54 Å². The molecule has 1 aromatic rings. The molecule has 0 saturated carbocycles. The fraction of sp³-hybridized carbons (Fsp3) is 0.667. The van der Waals surface area contributed by atoms with Gasteiger partial charge in [-0.2, -0.15) is 0 Å². The topological polar surface area (TPSA) is 31.4 Å². The second-order valence-corrected chi connectivity index (χ2v) is 6.38. The van der Waals surface area contributed by atoms with E-state index < -0.39 is 0 Å². The zero-order valence-electron chi connectivity index (χ0n) is 12.6. The minimum absolute atomic E-state index is 0.134. The molecule has 0 amide bonds. The summed E-state index contributed by atoms with van der Waals surface area (Å²) in [7, 11) is 2.18. The monoisotopic (exact) mass is 262 g/mol. The molecule has 1 aromatic heterocycles. The molecule has 4 heteroatoms.